The molecular weight excluding hydrogens is 466 g/mol. The van der Waals surface area contributed by atoms with E-state index in [1.165, 1.54) is 30.1 Å². The van der Waals surface area contributed by atoms with Gasteiger partial charge in [-0.05, 0) is 25.0 Å². The third-order valence-electron chi connectivity index (χ3n) is 5.25. The van der Waals surface area contributed by atoms with Crippen molar-refractivity contribution in [1.82, 2.24) is 19.7 Å². The standard InChI is InChI=1S/C19H24N4O4.C6H7NO2/c1-22(9-11-26-16-6-3-2-4-7-16)18(24)14-23-13-15(12-20-23)21-19(25)17-8-5-10-27-17;1-9-6-4-5(8)2-3-7-6/h2-4,6-7,12-13,17H,5,8-11,14H2,1H3,(H,21,25);2-4H,1H3,(H,7,8). The van der Waals surface area contributed by atoms with Gasteiger partial charge < -0.3 is 29.4 Å². The normalized spacial score (nSPS) is 14.3. The van der Waals surface area contributed by atoms with E-state index in [0.29, 0.717) is 31.3 Å². The largest absolute Gasteiger partial charge is 0.492 e. The van der Waals surface area contributed by atoms with Crippen molar-refractivity contribution in [2.24, 2.45) is 0 Å². The van der Waals surface area contributed by atoms with Gasteiger partial charge in [-0.1, -0.05) is 18.2 Å². The number of nitrogens with zero attached hydrogens (tertiary/aromatic N) is 3. The van der Waals surface area contributed by atoms with Crippen LogP contribution in [0.25, 0.3) is 0 Å². The Balaban J connectivity index is 0.000000338. The zero-order chi connectivity index (χ0) is 25.8. The smallest absolute Gasteiger partial charge is 0.253 e. The maximum absolute atomic E-state index is 12.3. The lowest BCUT2D eigenvalue weighted by atomic mass is 10.2. The lowest BCUT2D eigenvalue weighted by molar-refractivity contribution is -0.131. The molecule has 3 aromatic rings. The van der Waals surface area contributed by atoms with Crippen molar-refractivity contribution in [2.45, 2.75) is 25.5 Å². The molecule has 2 N–H and O–H groups in total. The Bertz CT molecular complexity index is 1160. The zero-order valence-electron chi connectivity index (χ0n) is 20.4. The van der Waals surface area contributed by atoms with Crippen molar-refractivity contribution in [3.8, 4) is 11.6 Å². The molecule has 1 aliphatic heterocycles. The quantitative estimate of drug-likeness (QED) is 0.462. The molecule has 11 heteroatoms. The van der Waals surface area contributed by atoms with Gasteiger partial charge in [0.25, 0.3) is 5.91 Å². The number of pyridine rings is 1. The molecule has 0 spiro atoms. The first-order valence-electron chi connectivity index (χ1n) is 11.5. The highest BCUT2D eigenvalue weighted by Crippen LogP contribution is 2.15. The van der Waals surface area contributed by atoms with Crippen molar-refractivity contribution in [1.29, 1.82) is 0 Å². The fraction of sp³-hybridized carbons (Fsp3) is 0.360. The van der Waals surface area contributed by atoms with Crippen LogP contribution in [0.1, 0.15) is 12.8 Å². The number of methoxy groups -OCH3 is 1. The number of ether oxygens (including phenoxy) is 3. The molecule has 0 aliphatic carbocycles. The van der Waals surface area contributed by atoms with Crippen LogP contribution in [0, 0.1) is 0 Å². The summed E-state index contributed by atoms with van der Waals surface area (Å²) in [6.45, 7) is 1.59. The van der Waals surface area contributed by atoms with Crippen molar-refractivity contribution in [3.05, 3.63) is 71.3 Å². The monoisotopic (exact) mass is 497 g/mol. The van der Waals surface area contributed by atoms with Gasteiger partial charge in [0.15, 0.2) is 11.3 Å². The van der Waals surface area contributed by atoms with Crippen LogP contribution in [0.2, 0.25) is 0 Å². The number of rotatable bonds is 9. The van der Waals surface area contributed by atoms with Crippen LogP contribution in [-0.2, 0) is 20.9 Å². The Morgan fingerprint density at radius 2 is 2.08 bits per heavy atom. The average Bonchev–Trinajstić information content (AvgIpc) is 3.58. The number of aromatic nitrogens is 3. The third kappa shape index (κ3) is 8.58. The van der Waals surface area contributed by atoms with Gasteiger partial charge in [0.2, 0.25) is 5.91 Å². The first kappa shape index (κ1) is 26.5. The second-order valence-corrected chi connectivity index (χ2v) is 7.99. The van der Waals surface area contributed by atoms with Gasteiger partial charge in [-0.15, -0.1) is 0 Å². The summed E-state index contributed by atoms with van der Waals surface area (Å²) < 4.78 is 17.2. The fourth-order valence-corrected chi connectivity index (χ4v) is 3.27. The summed E-state index contributed by atoms with van der Waals surface area (Å²) in [5.41, 5.74) is 0.504. The van der Waals surface area contributed by atoms with E-state index >= 15 is 0 Å². The molecule has 0 radical (unpaired) electrons. The van der Waals surface area contributed by atoms with E-state index in [1.54, 1.807) is 24.3 Å². The van der Waals surface area contributed by atoms with E-state index in [0.717, 1.165) is 18.6 Å². The van der Waals surface area contributed by atoms with E-state index in [-0.39, 0.29) is 23.8 Å². The number of nitrogens with one attached hydrogen (secondary N) is 2. The summed E-state index contributed by atoms with van der Waals surface area (Å²) >= 11 is 0. The molecule has 4 rings (SSSR count). The number of likely N-dealkylation sites (N-methyl/N-ethyl adjacent to an activating group) is 1. The summed E-state index contributed by atoms with van der Waals surface area (Å²) in [4.78, 5) is 39.2. The van der Waals surface area contributed by atoms with Crippen LogP contribution in [0.15, 0.2) is 65.8 Å². The highest BCUT2D eigenvalue weighted by atomic mass is 16.5. The molecule has 11 nitrogen and oxygen atoms in total. The van der Waals surface area contributed by atoms with Gasteiger partial charge in [-0.3, -0.25) is 19.1 Å². The molecule has 1 unspecified atom stereocenters. The molecule has 0 bridgehead atoms. The van der Waals surface area contributed by atoms with Crippen LogP contribution in [0.3, 0.4) is 0 Å². The number of carbonyl (C=O) groups is 2. The number of para-hydroxylation sites is 1. The third-order valence-corrected chi connectivity index (χ3v) is 5.25. The van der Waals surface area contributed by atoms with Crippen molar-refractivity contribution >= 4 is 17.5 Å². The molecule has 192 valence electrons. The second-order valence-electron chi connectivity index (χ2n) is 7.99. The number of amides is 2. The van der Waals surface area contributed by atoms with Crippen LogP contribution < -0.4 is 20.2 Å². The van der Waals surface area contributed by atoms with Gasteiger partial charge in [0, 0.05) is 38.2 Å². The van der Waals surface area contributed by atoms with E-state index in [4.69, 9.17) is 14.2 Å². The molecule has 3 heterocycles. The summed E-state index contributed by atoms with van der Waals surface area (Å²) in [5, 5.41) is 6.90. The molecule has 1 saturated heterocycles. The highest BCUT2D eigenvalue weighted by Gasteiger charge is 2.23. The number of aromatic amines is 1. The molecule has 1 fully saturated rings. The minimum atomic E-state index is -0.397. The van der Waals surface area contributed by atoms with E-state index in [1.807, 2.05) is 30.3 Å². The summed E-state index contributed by atoms with van der Waals surface area (Å²) in [5.74, 6) is 1.000. The number of benzene rings is 1. The molecule has 1 atom stereocenters. The maximum atomic E-state index is 12.3. The topological polar surface area (TPSA) is 128 Å². The van der Waals surface area contributed by atoms with Gasteiger partial charge in [-0.25, -0.2) is 0 Å². The van der Waals surface area contributed by atoms with Gasteiger partial charge in [-0.2, -0.15) is 5.10 Å². The van der Waals surface area contributed by atoms with Crippen molar-refractivity contribution in [2.75, 3.05) is 39.2 Å². The zero-order valence-corrected chi connectivity index (χ0v) is 20.4. The summed E-state index contributed by atoms with van der Waals surface area (Å²) in [6.07, 6.45) is 5.94. The molecule has 2 amide bonds. The molecule has 36 heavy (non-hydrogen) atoms. The Morgan fingerprint density at radius 3 is 2.75 bits per heavy atom. The van der Waals surface area contributed by atoms with Crippen LogP contribution in [0.5, 0.6) is 11.6 Å². The SMILES string of the molecule is CN(CCOc1ccccc1)C(=O)Cn1cc(NC(=O)C2CCCO2)cn1.COc1cc(=O)cc[nH]1. The number of H-pyrrole nitrogens is 1. The highest BCUT2D eigenvalue weighted by molar-refractivity contribution is 5.94. The number of hydrogen-bond donors (Lipinski definition) is 2. The molecule has 2 aromatic heterocycles. The van der Waals surface area contributed by atoms with Crippen molar-refractivity contribution in [3.63, 3.8) is 0 Å². The first-order valence-corrected chi connectivity index (χ1v) is 11.5. The average molecular weight is 498 g/mol. The van der Waals surface area contributed by atoms with Crippen LogP contribution in [-0.4, -0.2) is 71.5 Å². The lowest BCUT2D eigenvalue weighted by Gasteiger charge is -2.17. The van der Waals surface area contributed by atoms with Crippen molar-refractivity contribution < 1.29 is 23.8 Å². The Kier molecular flexibility index (Phi) is 10.1. The van der Waals surface area contributed by atoms with E-state index in [9.17, 15) is 14.4 Å². The first-order chi connectivity index (χ1) is 17.4. The lowest BCUT2D eigenvalue weighted by Crippen LogP contribution is -2.33. The van der Waals surface area contributed by atoms with E-state index < -0.39 is 6.10 Å². The fourth-order valence-electron chi connectivity index (χ4n) is 3.27. The molecule has 0 saturated carbocycles. The Morgan fingerprint density at radius 1 is 1.28 bits per heavy atom. The predicted molar refractivity (Wildman–Crippen MR) is 133 cm³/mol. The molecule has 1 aliphatic rings. The number of hydrogen-bond acceptors (Lipinski definition) is 7. The van der Waals surface area contributed by atoms with Gasteiger partial charge >= 0.3 is 0 Å². The minimum absolute atomic E-state index is 0.0504. The van der Waals surface area contributed by atoms with Crippen LogP contribution >= 0.6 is 0 Å². The minimum Gasteiger partial charge on any atom is -0.492 e. The Hall–Kier alpha value is -4.12. The number of carbonyl (C=O) groups excluding carboxylic acids is 2. The Labute approximate surface area is 209 Å². The second kappa shape index (κ2) is 13.7. The molecular formula is C25H31N5O6. The molecule has 1 aromatic carbocycles. The summed E-state index contributed by atoms with van der Waals surface area (Å²) in [6, 6.07) is 12.3. The number of anilines is 1. The van der Waals surface area contributed by atoms with Gasteiger partial charge in [0.05, 0.1) is 25.5 Å². The van der Waals surface area contributed by atoms with E-state index in [2.05, 4.69) is 15.4 Å². The van der Waals surface area contributed by atoms with Gasteiger partial charge in [0.1, 0.15) is 25.0 Å². The van der Waals surface area contributed by atoms with Crippen LogP contribution in [0.4, 0.5) is 5.69 Å². The maximum Gasteiger partial charge on any atom is 0.253 e. The summed E-state index contributed by atoms with van der Waals surface area (Å²) in [7, 11) is 3.23. The predicted octanol–water partition coefficient (Wildman–Crippen LogP) is 1.92.